The summed E-state index contributed by atoms with van der Waals surface area (Å²) in [5.41, 5.74) is 1.57. The van der Waals surface area contributed by atoms with Crippen LogP contribution in [0.1, 0.15) is 48.2 Å². The van der Waals surface area contributed by atoms with E-state index < -0.39 is 0 Å². The molecule has 1 fully saturated rings. The highest BCUT2D eigenvalue weighted by Gasteiger charge is 2.17. The van der Waals surface area contributed by atoms with Gasteiger partial charge in [-0.15, -0.1) is 10.2 Å². The number of nitrogens with zero attached hydrogens (tertiary/aromatic N) is 2. The van der Waals surface area contributed by atoms with Gasteiger partial charge in [0.2, 0.25) is 0 Å². The first-order valence-corrected chi connectivity index (χ1v) is 9.21. The van der Waals surface area contributed by atoms with E-state index in [1.54, 1.807) is 12.1 Å². The maximum atomic E-state index is 12.2. The summed E-state index contributed by atoms with van der Waals surface area (Å²) in [7, 11) is 0. The molecule has 1 heterocycles. The van der Waals surface area contributed by atoms with Crippen molar-refractivity contribution in [1.82, 2.24) is 15.5 Å². The fraction of sp³-hybridized carbons (Fsp3) is 0.421. The molecule has 0 bridgehead atoms. The van der Waals surface area contributed by atoms with Crippen molar-refractivity contribution in [2.24, 2.45) is 0 Å². The van der Waals surface area contributed by atoms with Gasteiger partial charge in [0.15, 0.2) is 5.69 Å². The van der Waals surface area contributed by atoms with Crippen LogP contribution in [0.25, 0.3) is 0 Å². The monoisotopic (exact) mass is 358 g/mol. The van der Waals surface area contributed by atoms with Gasteiger partial charge in [-0.3, -0.25) is 4.79 Å². The number of benzene rings is 1. The molecule has 6 heteroatoms. The van der Waals surface area contributed by atoms with Gasteiger partial charge in [-0.25, -0.2) is 0 Å². The van der Waals surface area contributed by atoms with Gasteiger partial charge in [0.1, 0.15) is 5.82 Å². The minimum absolute atomic E-state index is 0.132. The number of nitrogens with one attached hydrogen (secondary N) is 2. The quantitative estimate of drug-likeness (QED) is 0.823. The van der Waals surface area contributed by atoms with Crippen LogP contribution in [0, 0.1) is 0 Å². The first-order chi connectivity index (χ1) is 12.2. The number of halogens is 1. The van der Waals surface area contributed by atoms with Gasteiger partial charge in [0, 0.05) is 17.6 Å². The maximum absolute atomic E-state index is 12.2. The average molecular weight is 359 g/mol. The Hall–Kier alpha value is -2.14. The Morgan fingerprint density at radius 2 is 1.80 bits per heavy atom. The van der Waals surface area contributed by atoms with Crippen LogP contribution in [0.2, 0.25) is 5.02 Å². The van der Waals surface area contributed by atoms with Gasteiger partial charge in [-0.2, -0.15) is 0 Å². The van der Waals surface area contributed by atoms with E-state index in [1.165, 1.54) is 24.8 Å². The SMILES string of the molecule is O=C(NC1CCCCC1)c1ccc(NCCc2ccc(Cl)cc2)nn1. The Morgan fingerprint density at radius 3 is 2.48 bits per heavy atom. The smallest absolute Gasteiger partial charge is 0.272 e. The zero-order valence-electron chi connectivity index (χ0n) is 14.2. The van der Waals surface area contributed by atoms with Crippen LogP contribution in [0.3, 0.4) is 0 Å². The molecule has 0 unspecified atom stereocenters. The highest BCUT2D eigenvalue weighted by Crippen LogP contribution is 2.17. The second-order valence-corrected chi connectivity index (χ2v) is 6.85. The van der Waals surface area contributed by atoms with Crippen molar-refractivity contribution in [3.8, 4) is 0 Å². The maximum Gasteiger partial charge on any atom is 0.272 e. The van der Waals surface area contributed by atoms with E-state index in [9.17, 15) is 4.79 Å². The average Bonchev–Trinajstić information content (AvgIpc) is 2.65. The topological polar surface area (TPSA) is 66.9 Å². The van der Waals surface area contributed by atoms with Crippen molar-refractivity contribution in [3.05, 3.63) is 52.7 Å². The van der Waals surface area contributed by atoms with E-state index in [0.29, 0.717) is 11.5 Å². The standard InChI is InChI=1S/C19H23ClN4O/c20-15-8-6-14(7-9-15)12-13-21-18-11-10-17(23-24-18)19(25)22-16-4-2-1-3-5-16/h6-11,16H,1-5,12-13H2,(H,21,24)(H,22,25). The van der Waals surface area contributed by atoms with Gasteiger partial charge in [-0.1, -0.05) is 43.0 Å². The Morgan fingerprint density at radius 1 is 1.04 bits per heavy atom. The first kappa shape index (κ1) is 17.7. The van der Waals surface area contributed by atoms with Crippen molar-refractivity contribution in [2.45, 2.75) is 44.6 Å². The highest BCUT2D eigenvalue weighted by atomic mass is 35.5. The lowest BCUT2D eigenvalue weighted by Crippen LogP contribution is -2.36. The number of hydrogen-bond acceptors (Lipinski definition) is 4. The highest BCUT2D eigenvalue weighted by molar-refractivity contribution is 6.30. The zero-order chi connectivity index (χ0) is 17.5. The molecular formula is C19H23ClN4O. The Kier molecular flexibility index (Phi) is 6.23. The normalized spacial score (nSPS) is 14.9. The van der Waals surface area contributed by atoms with Crippen LogP contribution < -0.4 is 10.6 Å². The summed E-state index contributed by atoms with van der Waals surface area (Å²) in [5.74, 6) is 0.537. The van der Waals surface area contributed by atoms with E-state index in [4.69, 9.17) is 11.6 Å². The summed E-state index contributed by atoms with van der Waals surface area (Å²) in [6.45, 7) is 0.740. The molecule has 0 atom stereocenters. The van der Waals surface area contributed by atoms with Gasteiger partial charge >= 0.3 is 0 Å². The lowest BCUT2D eigenvalue weighted by Gasteiger charge is -2.22. The first-order valence-electron chi connectivity index (χ1n) is 8.83. The molecule has 0 saturated heterocycles. The van der Waals surface area contributed by atoms with E-state index in [2.05, 4.69) is 20.8 Å². The summed E-state index contributed by atoms with van der Waals surface area (Å²) < 4.78 is 0. The second kappa shape index (κ2) is 8.81. The number of rotatable bonds is 6. The van der Waals surface area contributed by atoms with Gasteiger partial charge < -0.3 is 10.6 Å². The van der Waals surface area contributed by atoms with Gasteiger partial charge in [-0.05, 0) is 49.1 Å². The minimum atomic E-state index is -0.132. The summed E-state index contributed by atoms with van der Waals surface area (Å²) >= 11 is 5.88. The molecule has 1 aliphatic rings. The van der Waals surface area contributed by atoms with E-state index in [1.807, 2.05) is 24.3 Å². The minimum Gasteiger partial charge on any atom is -0.368 e. The molecule has 0 radical (unpaired) electrons. The molecule has 2 aromatic rings. The van der Waals surface area contributed by atoms with E-state index in [0.717, 1.165) is 30.8 Å². The molecule has 132 valence electrons. The third kappa shape index (κ3) is 5.43. The van der Waals surface area contributed by atoms with Crippen LogP contribution in [-0.4, -0.2) is 28.7 Å². The number of aromatic nitrogens is 2. The molecule has 0 aliphatic heterocycles. The number of hydrogen-bond donors (Lipinski definition) is 2. The number of carbonyl (C=O) groups excluding carboxylic acids is 1. The third-order valence-corrected chi connectivity index (χ3v) is 4.72. The molecule has 25 heavy (non-hydrogen) atoms. The lowest BCUT2D eigenvalue weighted by atomic mass is 9.95. The fourth-order valence-electron chi connectivity index (χ4n) is 3.04. The molecule has 1 aromatic heterocycles. The number of carbonyl (C=O) groups is 1. The van der Waals surface area contributed by atoms with Crippen molar-refractivity contribution in [2.75, 3.05) is 11.9 Å². The second-order valence-electron chi connectivity index (χ2n) is 6.42. The molecule has 2 N–H and O–H groups in total. The van der Waals surface area contributed by atoms with Crippen molar-refractivity contribution >= 4 is 23.3 Å². The molecule has 0 spiro atoms. The number of anilines is 1. The molecule has 1 aliphatic carbocycles. The zero-order valence-corrected chi connectivity index (χ0v) is 14.9. The molecule has 5 nitrogen and oxygen atoms in total. The Labute approximate surface area is 153 Å². The third-order valence-electron chi connectivity index (χ3n) is 4.47. The van der Waals surface area contributed by atoms with Gasteiger partial charge in [0.05, 0.1) is 0 Å². The largest absolute Gasteiger partial charge is 0.368 e. The fourth-order valence-corrected chi connectivity index (χ4v) is 3.17. The molecular weight excluding hydrogens is 336 g/mol. The number of amides is 1. The molecule has 1 saturated carbocycles. The summed E-state index contributed by atoms with van der Waals surface area (Å²) in [5, 5.41) is 15.1. The molecule has 3 rings (SSSR count). The van der Waals surface area contributed by atoms with E-state index >= 15 is 0 Å². The Balaban J connectivity index is 1.46. The van der Waals surface area contributed by atoms with Crippen LogP contribution in [-0.2, 0) is 6.42 Å². The van der Waals surface area contributed by atoms with Crippen LogP contribution in [0.5, 0.6) is 0 Å². The predicted octanol–water partition coefficient (Wildman–Crippen LogP) is 3.85. The summed E-state index contributed by atoms with van der Waals surface area (Å²) in [6, 6.07) is 11.6. The molecule has 1 amide bonds. The van der Waals surface area contributed by atoms with Gasteiger partial charge in [0.25, 0.3) is 5.91 Å². The van der Waals surface area contributed by atoms with E-state index in [-0.39, 0.29) is 11.9 Å². The molecule has 1 aromatic carbocycles. The van der Waals surface area contributed by atoms with Crippen molar-refractivity contribution in [3.63, 3.8) is 0 Å². The Bertz CT molecular complexity index is 682. The predicted molar refractivity (Wildman–Crippen MR) is 100 cm³/mol. The van der Waals surface area contributed by atoms with Crippen LogP contribution >= 0.6 is 11.6 Å². The van der Waals surface area contributed by atoms with Crippen LogP contribution in [0.15, 0.2) is 36.4 Å². The van der Waals surface area contributed by atoms with Crippen molar-refractivity contribution in [1.29, 1.82) is 0 Å². The summed E-state index contributed by atoms with van der Waals surface area (Å²) in [6.07, 6.45) is 6.62. The summed E-state index contributed by atoms with van der Waals surface area (Å²) in [4.78, 5) is 12.2. The van der Waals surface area contributed by atoms with Crippen molar-refractivity contribution < 1.29 is 4.79 Å². The van der Waals surface area contributed by atoms with Crippen LogP contribution in [0.4, 0.5) is 5.82 Å². The lowest BCUT2D eigenvalue weighted by molar-refractivity contribution is 0.0921.